The molecule has 0 saturated carbocycles. The lowest BCUT2D eigenvalue weighted by Crippen LogP contribution is -2.54. The minimum Gasteiger partial charge on any atom is -0.462 e. The van der Waals surface area contributed by atoms with Crippen LogP contribution in [0.15, 0.2) is 0 Å². The SMILES string of the molecule is CCCCCCCCC(=O)OC[C@H](OC(=O)CCCCCCCC)[C@@H](OC(=O)CCCCCCCC)[C@H](OC(=O)CCCCCCCC)[C@@H](COC(=O)CCCCCCCC)OC(=O)CCCCCCCC. The van der Waals surface area contributed by atoms with Crippen LogP contribution in [0.5, 0.6) is 0 Å². The second-order valence-electron chi connectivity index (χ2n) is 20.4. The smallest absolute Gasteiger partial charge is 0.306 e. The third-order valence-electron chi connectivity index (χ3n) is 13.4. The predicted molar refractivity (Wildman–Crippen MR) is 289 cm³/mol. The summed E-state index contributed by atoms with van der Waals surface area (Å²) in [5.41, 5.74) is 0. The number of rotatable bonds is 53. The van der Waals surface area contributed by atoms with Gasteiger partial charge in [0.1, 0.15) is 13.2 Å². The van der Waals surface area contributed by atoms with Crippen LogP contribution in [0.2, 0.25) is 0 Å². The van der Waals surface area contributed by atoms with Crippen molar-refractivity contribution < 1.29 is 57.2 Å². The Hall–Kier alpha value is -3.18. The van der Waals surface area contributed by atoms with Crippen LogP contribution in [0.1, 0.15) is 311 Å². The van der Waals surface area contributed by atoms with E-state index in [9.17, 15) is 28.8 Å². The molecule has 0 aromatic heterocycles. The van der Waals surface area contributed by atoms with Gasteiger partial charge in [-0.2, -0.15) is 0 Å². The molecule has 0 aliphatic rings. The van der Waals surface area contributed by atoms with Gasteiger partial charge in [0.15, 0.2) is 24.4 Å². The van der Waals surface area contributed by atoms with Gasteiger partial charge in [0.2, 0.25) is 0 Å². The second-order valence-corrected chi connectivity index (χ2v) is 20.4. The number of esters is 6. The number of ether oxygens (including phenoxy) is 6. The van der Waals surface area contributed by atoms with Crippen LogP contribution in [0.4, 0.5) is 0 Å². The molecule has 0 aromatic rings. The first-order valence-corrected chi connectivity index (χ1v) is 30.2. The Morgan fingerprint density at radius 3 is 0.639 bits per heavy atom. The van der Waals surface area contributed by atoms with Crippen molar-refractivity contribution in [3.05, 3.63) is 0 Å². The molecule has 0 aromatic carbocycles. The van der Waals surface area contributed by atoms with Gasteiger partial charge in [-0.25, -0.2) is 0 Å². The summed E-state index contributed by atoms with van der Waals surface area (Å²) in [4.78, 5) is 82.6. The lowest BCUT2D eigenvalue weighted by atomic mass is 10.0. The summed E-state index contributed by atoms with van der Waals surface area (Å²) in [6.07, 6.45) is 28.5. The third-order valence-corrected chi connectivity index (χ3v) is 13.4. The molecule has 12 nitrogen and oxygen atoms in total. The van der Waals surface area contributed by atoms with E-state index >= 15 is 0 Å². The molecule has 0 heterocycles. The van der Waals surface area contributed by atoms with Crippen molar-refractivity contribution in [2.75, 3.05) is 13.2 Å². The van der Waals surface area contributed by atoms with Crippen molar-refractivity contribution in [3.8, 4) is 0 Å². The highest BCUT2D eigenvalue weighted by Crippen LogP contribution is 2.25. The van der Waals surface area contributed by atoms with E-state index in [0.29, 0.717) is 38.5 Å². The van der Waals surface area contributed by atoms with E-state index in [1.54, 1.807) is 0 Å². The summed E-state index contributed by atoms with van der Waals surface area (Å²) in [6, 6.07) is 0. The van der Waals surface area contributed by atoms with Gasteiger partial charge in [-0.3, -0.25) is 28.8 Å². The van der Waals surface area contributed by atoms with E-state index in [1.807, 2.05) is 0 Å². The van der Waals surface area contributed by atoms with Gasteiger partial charge in [0.25, 0.3) is 0 Å². The summed E-state index contributed by atoms with van der Waals surface area (Å²) in [5, 5.41) is 0. The van der Waals surface area contributed by atoms with Crippen molar-refractivity contribution in [2.24, 2.45) is 0 Å². The highest BCUT2D eigenvalue weighted by atomic mass is 16.6. The molecule has 0 unspecified atom stereocenters. The van der Waals surface area contributed by atoms with E-state index in [1.165, 1.54) is 0 Å². The normalized spacial score (nSPS) is 12.9. The van der Waals surface area contributed by atoms with Crippen molar-refractivity contribution in [1.82, 2.24) is 0 Å². The minimum atomic E-state index is -1.58. The zero-order valence-corrected chi connectivity index (χ0v) is 47.3. The van der Waals surface area contributed by atoms with Gasteiger partial charge in [-0.1, -0.05) is 234 Å². The van der Waals surface area contributed by atoms with Crippen LogP contribution in [-0.4, -0.2) is 73.4 Å². The number of unbranched alkanes of at least 4 members (excludes halogenated alkanes) is 30. The Labute approximate surface area is 440 Å². The zero-order valence-electron chi connectivity index (χ0n) is 47.3. The number of carbonyl (C=O) groups is 6. The maximum Gasteiger partial charge on any atom is 0.306 e. The molecule has 72 heavy (non-hydrogen) atoms. The summed E-state index contributed by atoms with van der Waals surface area (Å²) < 4.78 is 36.7. The van der Waals surface area contributed by atoms with Gasteiger partial charge in [0, 0.05) is 38.5 Å². The molecule has 0 fully saturated rings. The molecule has 4 atom stereocenters. The van der Waals surface area contributed by atoms with E-state index in [2.05, 4.69) is 41.5 Å². The average Bonchev–Trinajstić information content (AvgIpc) is 3.36. The molecule has 0 spiro atoms. The minimum absolute atomic E-state index is 0.0347. The van der Waals surface area contributed by atoms with Gasteiger partial charge < -0.3 is 28.4 Å². The van der Waals surface area contributed by atoms with Gasteiger partial charge >= 0.3 is 35.8 Å². The molecular weight excluding hydrogens is 913 g/mol. The van der Waals surface area contributed by atoms with Crippen LogP contribution >= 0.6 is 0 Å². The molecular formula is C60H110O12. The average molecular weight is 1020 g/mol. The van der Waals surface area contributed by atoms with Gasteiger partial charge in [0.05, 0.1) is 0 Å². The summed E-state index contributed by atoms with van der Waals surface area (Å²) in [7, 11) is 0. The first-order chi connectivity index (χ1) is 35.1. The fourth-order valence-electron chi connectivity index (χ4n) is 8.77. The molecule has 0 N–H and O–H groups in total. The highest BCUT2D eigenvalue weighted by Gasteiger charge is 2.45. The van der Waals surface area contributed by atoms with E-state index in [0.717, 1.165) is 193 Å². The molecule has 0 aliphatic carbocycles. The van der Waals surface area contributed by atoms with Crippen LogP contribution in [0.25, 0.3) is 0 Å². The highest BCUT2D eigenvalue weighted by molar-refractivity contribution is 5.73. The second kappa shape index (κ2) is 51.3. The molecule has 0 saturated heterocycles. The van der Waals surface area contributed by atoms with Gasteiger partial charge in [-0.05, 0) is 38.5 Å². The molecule has 0 bridgehead atoms. The van der Waals surface area contributed by atoms with Crippen LogP contribution in [0, 0.1) is 0 Å². The first kappa shape index (κ1) is 68.8. The molecule has 0 rings (SSSR count). The molecule has 12 heteroatoms. The largest absolute Gasteiger partial charge is 0.462 e. The molecule has 0 amide bonds. The first-order valence-electron chi connectivity index (χ1n) is 30.2. The summed E-state index contributed by atoms with van der Waals surface area (Å²) in [5.74, 6) is -3.42. The maximum atomic E-state index is 14.1. The van der Waals surface area contributed by atoms with Crippen molar-refractivity contribution in [1.29, 1.82) is 0 Å². The number of hydrogen-bond acceptors (Lipinski definition) is 12. The lowest BCUT2D eigenvalue weighted by molar-refractivity contribution is -0.209. The Bertz CT molecular complexity index is 1220. The summed E-state index contributed by atoms with van der Waals surface area (Å²) >= 11 is 0. The van der Waals surface area contributed by atoms with Crippen molar-refractivity contribution in [2.45, 2.75) is 336 Å². The topological polar surface area (TPSA) is 158 Å². The van der Waals surface area contributed by atoms with Crippen molar-refractivity contribution >= 4 is 35.8 Å². The Morgan fingerprint density at radius 1 is 0.236 bits per heavy atom. The third kappa shape index (κ3) is 42.2. The number of hydrogen-bond donors (Lipinski definition) is 0. The fraction of sp³-hybridized carbons (Fsp3) is 0.900. The maximum absolute atomic E-state index is 14.1. The standard InChI is InChI=1S/C60H110O12/c1-7-13-19-25-31-37-43-53(61)67-49-51(69-55(63)45-39-33-27-21-15-9-3)59(71-57(65)47-41-35-29-23-17-11-5)60(72-58(66)48-42-36-30-24-18-12-6)52(70-56(64)46-40-34-28-22-16-10-4)50-68-54(62)44-38-32-26-20-14-8-2/h51-52,59-60H,7-50H2,1-6H3/t51-,52+,59-,60-/m1/s1. The Balaban J connectivity index is 7.31. The van der Waals surface area contributed by atoms with E-state index in [-0.39, 0.29) is 38.5 Å². The Morgan fingerprint density at radius 2 is 0.417 bits per heavy atom. The Kier molecular flexibility index (Phi) is 49.0. The van der Waals surface area contributed by atoms with Crippen LogP contribution in [-0.2, 0) is 57.2 Å². The molecule has 422 valence electrons. The van der Waals surface area contributed by atoms with Crippen molar-refractivity contribution in [3.63, 3.8) is 0 Å². The quantitative estimate of drug-likeness (QED) is 0.0323. The molecule has 0 aliphatic heterocycles. The van der Waals surface area contributed by atoms with Gasteiger partial charge in [-0.15, -0.1) is 0 Å². The van der Waals surface area contributed by atoms with Crippen LogP contribution in [0.3, 0.4) is 0 Å². The van der Waals surface area contributed by atoms with Crippen LogP contribution < -0.4 is 0 Å². The molecule has 0 radical (unpaired) electrons. The van der Waals surface area contributed by atoms with E-state index < -0.39 is 73.4 Å². The lowest BCUT2D eigenvalue weighted by Gasteiger charge is -2.36. The predicted octanol–water partition coefficient (Wildman–Crippen LogP) is 16.2. The monoisotopic (exact) mass is 1020 g/mol. The van der Waals surface area contributed by atoms with E-state index in [4.69, 9.17) is 28.4 Å². The number of carbonyl (C=O) groups excluding carboxylic acids is 6. The zero-order chi connectivity index (χ0) is 53.1. The summed E-state index contributed by atoms with van der Waals surface area (Å²) in [6.45, 7) is 11.9. The fourth-order valence-corrected chi connectivity index (χ4v) is 8.77.